The lowest BCUT2D eigenvalue weighted by Crippen LogP contribution is -2.17. The number of hydrogen-bond donors (Lipinski definition) is 1. The zero-order valence-corrected chi connectivity index (χ0v) is 13.5. The predicted molar refractivity (Wildman–Crippen MR) is 83.1 cm³/mol. The standard InChI is InChI=1S/C17H10F6N2O2/c1-8-3-2-4-12-13(8)24-15(27-12)25-14(26)9-5-10(16(18,19)20)7-11(6-9)17(21,22)23/h2-7H,1H3,(H,24,25,26). The smallest absolute Gasteiger partial charge is 0.416 e. The van der Waals surface area contributed by atoms with Crippen LogP contribution in [0.4, 0.5) is 32.4 Å². The van der Waals surface area contributed by atoms with Crippen molar-refractivity contribution in [3.63, 3.8) is 0 Å². The summed E-state index contributed by atoms with van der Waals surface area (Å²) in [5.74, 6) is -1.21. The maximum Gasteiger partial charge on any atom is 0.416 e. The molecule has 2 aromatic carbocycles. The Hall–Kier alpha value is -3.04. The lowest BCUT2D eigenvalue weighted by atomic mass is 10.0. The van der Waals surface area contributed by atoms with Crippen molar-refractivity contribution in [1.29, 1.82) is 0 Å². The molecule has 0 atom stereocenters. The number of rotatable bonds is 2. The van der Waals surface area contributed by atoms with E-state index in [0.29, 0.717) is 23.2 Å². The molecular formula is C17H10F6N2O2. The Morgan fingerprint density at radius 3 is 2.11 bits per heavy atom. The van der Waals surface area contributed by atoms with Gasteiger partial charge in [-0.05, 0) is 36.8 Å². The van der Waals surface area contributed by atoms with Crippen LogP contribution in [0, 0.1) is 6.92 Å². The molecule has 0 spiro atoms. The van der Waals surface area contributed by atoms with E-state index in [2.05, 4.69) is 10.3 Å². The van der Waals surface area contributed by atoms with Crippen molar-refractivity contribution in [2.75, 3.05) is 5.32 Å². The fraction of sp³-hybridized carbons (Fsp3) is 0.176. The number of nitrogens with one attached hydrogen (secondary N) is 1. The molecule has 0 fully saturated rings. The summed E-state index contributed by atoms with van der Waals surface area (Å²) in [4.78, 5) is 16.2. The van der Waals surface area contributed by atoms with Crippen molar-refractivity contribution < 1.29 is 35.6 Å². The molecule has 1 amide bonds. The average Bonchev–Trinajstić information content (AvgIpc) is 2.96. The normalized spacial score (nSPS) is 12.4. The number of carbonyl (C=O) groups excluding carboxylic acids is 1. The molecule has 142 valence electrons. The van der Waals surface area contributed by atoms with Crippen molar-refractivity contribution >= 4 is 23.0 Å². The minimum Gasteiger partial charge on any atom is -0.423 e. The molecule has 27 heavy (non-hydrogen) atoms. The van der Waals surface area contributed by atoms with Crippen LogP contribution in [0.5, 0.6) is 0 Å². The first-order chi connectivity index (χ1) is 12.4. The van der Waals surface area contributed by atoms with Gasteiger partial charge in [-0.25, -0.2) is 0 Å². The van der Waals surface area contributed by atoms with E-state index in [0.717, 1.165) is 5.56 Å². The van der Waals surface area contributed by atoms with Crippen LogP contribution >= 0.6 is 0 Å². The quantitative estimate of drug-likeness (QED) is 0.596. The van der Waals surface area contributed by atoms with Gasteiger partial charge in [0, 0.05) is 5.56 Å². The Bertz CT molecular complexity index is 988. The zero-order valence-electron chi connectivity index (χ0n) is 13.5. The highest BCUT2D eigenvalue weighted by Crippen LogP contribution is 2.36. The number of halogens is 6. The SMILES string of the molecule is Cc1cccc2oc(NC(=O)c3cc(C(F)(F)F)cc(C(F)(F)F)c3)nc12. The molecule has 0 saturated heterocycles. The highest BCUT2D eigenvalue weighted by Gasteiger charge is 2.37. The Morgan fingerprint density at radius 2 is 1.59 bits per heavy atom. The molecule has 3 aromatic rings. The van der Waals surface area contributed by atoms with Crippen LogP contribution in [0.3, 0.4) is 0 Å². The van der Waals surface area contributed by atoms with Gasteiger partial charge in [-0.1, -0.05) is 12.1 Å². The summed E-state index contributed by atoms with van der Waals surface area (Å²) in [7, 11) is 0. The monoisotopic (exact) mass is 388 g/mol. The van der Waals surface area contributed by atoms with Crippen molar-refractivity contribution in [2.24, 2.45) is 0 Å². The number of para-hydroxylation sites is 1. The molecule has 3 rings (SSSR count). The second kappa shape index (κ2) is 6.29. The third-order valence-electron chi connectivity index (χ3n) is 3.69. The number of nitrogens with zero attached hydrogens (tertiary/aromatic N) is 1. The Balaban J connectivity index is 1.98. The molecule has 0 bridgehead atoms. The van der Waals surface area contributed by atoms with Gasteiger partial charge in [-0.15, -0.1) is 0 Å². The van der Waals surface area contributed by atoms with Crippen molar-refractivity contribution in [3.8, 4) is 0 Å². The number of fused-ring (bicyclic) bond motifs is 1. The maximum atomic E-state index is 12.9. The topological polar surface area (TPSA) is 55.1 Å². The van der Waals surface area contributed by atoms with Gasteiger partial charge in [0.05, 0.1) is 11.1 Å². The minimum absolute atomic E-state index is 0.0560. The van der Waals surface area contributed by atoms with Gasteiger partial charge in [0.1, 0.15) is 5.52 Å². The lowest BCUT2D eigenvalue weighted by Gasteiger charge is -2.13. The maximum absolute atomic E-state index is 12.9. The van der Waals surface area contributed by atoms with Crippen LogP contribution in [-0.4, -0.2) is 10.9 Å². The van der Waals surface area contributed by atoms with Gasteiger partial charge in [0.25, 0.3) is 5.91 Å². The van der Waals surface area contributed by atoms with Gasteiger partial charge in [0.2, 0.25) is 0 Å². The first kappa shape index (κ1) is 18.7. The van der Waals surface area contributed by atoms with Crippen molar-refractivity contribution in [3.05, 3.63) is 58.7 Å². The molecule has 0 unspecified atom stereocenters. The van der Waals surface area contributed by atoms with Crippen LogP contribution in [0.25, 0.3) is 11.1 Å². The van der Waals surface area contributed by atoms with Gasteiger partial charge in [0.15, 0.2) is 5.58 Å². The van der Waals surface area contributed by atoms with E-state index in [9.17, 15) is 31.1 Å². The summed E-state index contributed by atoms with van der Waals surface area (Å²) in [6, 6.07) is 5.21. The Kier molecular flexibility index (Phi) is 4.37. The van der Waals surface area contributed by atoms with Crippen LogP contribution in [0.1, 0.15) is 27.0 Å². The number of carbonyl (C=O) groups is 1. The third kappa shape index (κ3) is 3.88. The van der Waals surface area contributed by atoms with Crippen LogP contribution in [0.15, 0.2) is 40.8 Å². The first-order valence-electron chi connectivity index (χ1n) is 7.42. The summed E-state index contributed by atoms with van der Waals surface area (Å²) >= 11 is 0. The molecule has 1 heterocycles. The van der Waals surface area contributed by atoms with E-state index in [-0.39, 0.29) is 12.1 Å². The number of benzene rings is 2. The number of hydrogen-bond acceptors (Lipinski definition) is 3. The number of amides is 1. The third-order valence-corrected chi connectivity index (χ3v) is 3.69. The van der Waals surface area contributed by atoms with E-state index in [1.807, 2.05) is 0 Å². The highest BCUT2D eigenvalue weighted by molar-refractivity contribution is 6.04. The summed E-state index contributed by atoms with van der Waals surface area (Å²) in [5.41, 5.74) is -2.56. The molecule has 0 saturated carbocycles. The largest absolute Gasteiger partial charge is 0.423 e. The van der Waals surface area contributed by atoms with E-state index in [4.69, 9.17) is 4.42 Å². The summed E-state index contributed by atoms with van der Waals surface area (Å²) < 4.78 is 82.5. The molecule has 1 aromatic heterocycles. The predicted octanol–water partition coefficient (Wildman–Crippen LogP) is 5.43. The summed E-state index contributed by atoms with van der Waals surface area (Å²) in [6.45, 7) is 1.72. The molecule has 0 aliphatic carbocycles. The van der Waals surface area contributed by atoms with Crippen molar-refractivity contribution in [1.82, 2.24) is 4.98 Å². The molecule has 0 aliphatic rings. The van der Waals surface area contributed by atoms with E-state index in [1.54, 1.807) is 25.1 Å². The van der Waals surface area contributed by atoms with Crippen molar-refractivity contribution in [2.45, 2.75) is 19.3 Å². The molecule has 4 nitrogen and oxygen atoms in total. The van der Waals surface area contributed by atoms with Gasteiger partial charge < -0.3 is 4.42 Å². The lowest BCUT2D eigenvalue weighted by molar-refractivity contribution is -0.143. The molecular weight excluding hydrogens is 378 g/mol. The number of alkyl halides is 6. The number of aryl methyl sites for hydroxylation is 1. The van der Waals surface area contributed by atoms with E-state index >= 15 is 0 Å². The molecule has 0 aliphatic heterocycles. The summed E-state index contributed by atoms with van der Waals surface area (Å²) in [5, 5.41) is 2.08. The minimum atomic E-state index is -5.05. The molecule has 10 heteroatoms. The number of anilines is 1. The average molecular weight is 388 g/mol. The Labute approximate surface area is 147 Å². The van der Waals surface area contributed by atoms with E-state index in [1.165, 1.54) is 0 Å². The fourth-order valence-corrected chi connectivity index (χ4v) is 2.39. The van der Waals surface area contributed by atoms with Crippen LogP contribution in [-0.2, 0) is 12.4 Å². The first-order valence-corrected chi connectivity index (χ1v) is 7.42. The van der Waals surface area contributed by atoms with Gasteiger partial charge in [-0.2, -0.15) is 31.3 Å². The summed E-state index contributed by atoms with van der Waals surface area (Å²) in [6.07, 6.45) is -10.1. The second-order valence-corrected chi connectivity index (χ2v) is 5.69. The highest BCUT2D eigenvalue weighted by atomic mass is 19.4. The number of aromatic nitrogens is 1. The van der Waals surface area contributed by atoms with Gasteiger partial charge in [-0.3, -0.25) is 10.1 Å². The molecule has 0 radical (unpaired) electrons. The molecule has 1 N–H and O–H groups in total. The van der Waals surface area contributed by atoms with Gasteiger partial charge >= 0.3 is 18.4 Å². The zero-order chi connectivity index (χ0) is 20.0. The van der Waals surface area contributed by atoms with E-state index < -0.39 is 35.0 Å². The van der Waals surface area contributed by atoms with Crippen LogP contribution < -0.4 is 5.32 Å². The fourth-order valence-electron chi connectivity index (χ4n) is 2.39. The van der Waals surface area contributed by atoms with Crippen LogP contribution in [0.2, 0.25) is 0 Å². The Morgan fingerprint density at radius 1 is 1.00 bits per heavy atom. The second-order valence-electron chi connectivity index (χ2n) is 5.69. The number of oxazole rings is 1.